The Morgan fingerprint density at radius 2 is 2.03 bits per heavy atom. The van der Waals surface area contributed by atoms with Crippen molar-refractivity contribution in [2.45, 2.75) is 37.5 Å². The van der Waals surface area contributed by atoms with Crippen molar-refractivity contribution in [3.05, 3.63) is 70.0 Å². The highest BCUT2D eigenvalue weighted by Crippen LogP contribution is 2.51. The maximum Gasteiger partial charge on any atom is 0.269 e. The predicted octanol–water partition coefficient (Wildman–Crippen LogP) is 2.68. The van der Waals surface area contributed by atoms with Crippen molar-refractivity contribution in [3.8, 4) is 6.07 Å². The second kappa shape index (κ2) is 7.17. The highest BCUT2D eigenvalue weighted by Gasteiger charge is 2.62. The number of nitro groups is 1. The number of rotatable bonds is 4. The van der Waals surface area contributed by atoms with Gasteiger partial charge < -0.3 is 10.4 Å². The van der Waals surface area contributed by atoms with Gasteiger partial charge in [-0.3, -0.25) is 10.1 Å². The van der Waals surface area contributed by atoms with E-state index in [0.29, 0.717) is 4.99 Å². The molecule has 4 rings (SSSR count). The first-order valence-electron chi connectivity index (χ1n) is 9.51. The topological polar surface area (TPSA) is 103 Å². The lowest BCUT2D eigenvalue weighted by molar-refractivity contribution is -0.744. The third-order valence-corrected chi connectivity index (χ3v) is 6.23. The Morgan fingerprint density at radius 1 is 1.34 bits per heavy atom. The van der Waals surface area contributed by atoms with Crippen LogP contribution in [0.5, 0.6) is 0 Å². The van der Waals surface area contributed by atoms with Gasteiger partial charge in [-0.25, -0.2) is 0 Å². The number of nitriles is 1. The number of hydrogen-bond donors (Lipinski definition) is 2. The number of nitro benzene ring substituents is 1. The molecule has 29 heavy (non-hydrogen) atoms. The van der Waals surface area contributed by atoms with Crippen LogP contribution in [0.1, 0.15) is 35.9 Å². The first-order valence-corrected chi connectivity index (χ1v) is 9.91. The maximum atomic E-state index is 11.7. The molecule has 0 bridgehead atoms. The Morgan fingerprint density at radius 3 is 2.59 bits per heavy atom. The predicted molar refractivity (Wildman–Crippen MR) is 109 cm³/mol. The summed E-state index contributed by atoms with van der Waals surface area (Å²) in [7, 11) is 0. The van der Waals surface area contributed by atoms with Crippen LogP contribution in [-0.4, -0.2) is 20.7 Å². The summed E-state index contributed by atoms with van der Waals surface area (Å²) in [5.41, 5.74) is 0.449. The minimum absolute atomic E-state index is 0.0176. The zero-order valence-corrected chi connectivity index (χ0v) is 16.7. The number of aromatic nitrogens is 1. The van der Waals surface area contributed by atoms with Gasteiger partial charge in [0.1, 0.15) is 5.92 Å². The molecule has 2 heterocycles. The van der Waals surface area contributed by atoms with E-state index in [-0.39, 0.29) is 11.6 Å². The van der Waals surface area contributed by atoms with Gasteiger partial charge >= 0.3 is 0 Å². The zero-order valence-electron chi connectivity index (χ0n) is 15.9. The van der Waals surface area contributed by atoms with Gasteiger partial charge in [-0.05, 0) is 31.4 Å². The van der Waals surface area contributed by atoms with Gasteiger partial charge in [0.2, 0.25) is 11.8 Å². The van der Waals surface area contributed by atoms with E-state index in [1.54, 1.807) is 12.1 Å². The molecule has 0 spiro atoms. The lowest BCUT2D eigenvalue weighted by Gasteiger charge is -2.44. The molecule has 1 saturated heterocycles. The number of nitrogens with one attached hydrogen (secondary N) is 1. The molecule has 148 valence electrons. The fourth-order valence-corrected chi connectivity index (χ4v) is 4.73. The molecule has 1 aliphatic heterocycles. The van der Waals surface area contributed by atoms with E-state index >= 15 is 0 Å². The van der Waals surface area contributed by atoms with Gasteiger partial charge in [0.05, 0.1) is 21.9 Å². The third kappa shape index (κ3) is 3.37. The van der Waals surface area contributed by atoms with E-state index in [2.05, 4.69) is 11.4 Å². The molecule has 0 amide bonds. The van der Waals surface area contributed by atoms with Crippen LogP contribution >= 0.6 is 12.2 Å². The Bertz CT molecular complexity index is 1020. The lowest BCUT2D eigenvalue weighted by Crippen LogP contribution is -2.69. The Kier molecular flexibility index (Phi) is 4.81. The molecule has 0 radical (unpaired) electrons. The molecular weight excluding hydrogens is 388 g/mol. The third-order valence-electron chi connectivity index (χ3n) is 5.87. The van der Waals surface area contributed by atoms with Crippen molar-refractivity contribution < 1.29 is 14.6 Å². The number of aliphatic hydroxyl groups is 1. The van der Waals surface area contributed by atoms with E-state index in [4.69, 9.17) is 12.2 Å². The normalized spacial score (nSPS) is 29.0. The largest absolute Gasteiger partial charge is 0.365 e. The molecule has 2 aromatic rings. The molecular formula is C21H21N4O3S+. The highest BCUT2D eigenvalue weighted by molar-refractivity contribution is 7.80. The summed E-state index contributed by atoms with van der Waals surface area (Å²) in [4.78, 5) is 10.9. The summed E-state index contributed by atoms with van der Waals surface area (Å²) in [6, 6.07) is 11.9. The summed E-state index contributed by atoms with van der Waals surface area (Å²) >= 11 is 5.48. The summed E-state index contributed by atoms with van der Waals surface area (Å²) in [5, 5.41) is 35.8. The zero-order chi connectivity index (χ0) is 20.8. The van der Waals surface area contributed by atoms with Crippen LogP contribution in [0.15, 0.2) is 48.8 Å². The summed E-state index contributed by atoms with van der Waals surface area (Å²) in [6.07, 6.45) is 5.58. The van der Waals surface area contributed by atoms with Crippen LogP contribution in [0.3, 0.4) is 0 Å². The molecule has 7 nitrogen and oxygen atoms in total. The number of piperidine rings is 1. The standard InChI is InChI=1S/C21H20N4O3S/c1-13-3-2-10-24(12-13)19-18(14-4-8-16(9-5-14)25(27)28)17(11-22)20(29)23-21(19,26)15-6-7-15/h2-5,8-10,12,15,17-19,26H,6-7H2,1H3/p+1/t17-,18+,19-,21+/m1/s1. The average Bonchev–Trinajstić information content (AvgIpc) is 3.53. The Hall–Kier alpha value is -2.89. The van der Waals surface area contributed by atoms with E-state index < -0.39 is 28.5 Å². The van der Waals surface area contributed by atoms with Crippen LogP contribution in [0.2, 0.25) is 0 Å². The maximum absolute atomic E-state index is 11.7. The van der Waals surface area contributed by atoms with E-state index in [1.807, 2.05) is 36.0 Å². The van der Waals surface area contributed by atoms with Crippen LogP contribution in [0.4, 0.5) is 5.69 Å². The quantitative estimate of drug-likeness (QED) is 0.348. The van der Waals surface area contributed by atoms with Crippen LogP contribution < -0.4 is 9.88 Å². The van der Waals surface area contributed by atoms with Gasteiger partial charge in [0, 0.05) is 29.7 Å². The number of thiocarbonyl (C=S) groups is 1. The number of nitrogens with zero attached hydrogens (tertiary/aromatic N) is 3. The molecule has 2 aliphatic rings. The van der Waals surface area contributed by atoms with Crippen molar-refractivity contribution in [2.75, 3.05) is 0 Å². The Labute approximate surface area is 173 Å². The van der Waals surface area contributed by atoms with Crippen molar-refractivity contribution in [2.24, 2.45) is 11.8 Å². The van der Waals surface area contributed by atoms with E-state index in [0.717, 1.165) is 24.0 Å². The smallest absolute Gasteiger partial charge is 0.269 e. The number of pyridine rings is 1. The number of benzene rings is 1. The van der Waals surface area contributed by atoms with Gasteiger partial charge in [0.25, 0.3) is 5.69 Å². The highest BCUT2D eigenvalue weighted by atomic mass is 32.1. The summed E-state index contributed by atoms with van der Waals surface area (Å²) in [6.45, 7) is 1.97. The van der Waals surface area contributed by atoms with Crippen molar-refractivity contribution in [1.82, 2.24) is 5.32 Å². The molecule has 1 aliphatic carbocycles. The van der Waals surface area contributed by atoms with E-state index in [1.165, 1.54) is 12.1 Å². The molecule has 1 aromatic carbocycles. The molecule has 1 aromatic heterocycles. The van der Waals surface area contributed by atoms with Crippen molar-refractivity contribution >= 4 is 22.9 Å². The first-order chi connectivity index (χ1) is 13.8. The molecule has 1 saturated carbocycles. The molecule has 2 fully saturated rings. The van der Waals surface area contributed by atoms with Crippen molar-refractivity contribution in [3.63, 3.8) is 0 Å². The minimum atomic E-state index is -1.30. The van der Waals surface area contributed by atoms with Gasteiger partial charge in [0.15, 0.2) is 12.4 Å². The van der Waals surface area contributed by atoms with Crippen LogP contribution in [-0.2, 0) is 0 Å². The molecule has 8 heteroatoms. The SMILES string of the molecule is Cc1ccc[n+]([C@@H]2[C@@H](c3ccc([N+](=O)[O-])cc3)[C@@H](C#N)C(=S)N[C@]2(O)C2CC2)c1. The average molecular weight is 409 g/mol. The molecule has 4 atom stereocenters. The second-order valence-electron chi connectivity index (χ2n) is 7.84. The summed E-state index contributed by atoms with van der Waals surface area (Å²) in [5.74, 6) is -1.09. The number of aryl methyl sites for hydroxylation is 1. The summed E-state index contributed by atoms with van der Waals surface area (Å²) < 4.78 is 1.94. The first kappa shape index (κ1) is 19.4. The fraction of sp³-hybridized carbons (Fsp3) is 0.381. The number of hydrogen-bond acceptors (Lipinski definition) is 5. The molecule has 0 unspecified atom stereocenters. The van der Waals surface area contributed by atoms with Gasteiger partial charge in [-0.1, -0.05) is 24.4 Å². The van der Waals surface area contributed by atoms with Crippen LogP contribution in [0, 0.1) is 40.2 Å². The van der Waals surface area contributed by atoms with Crippen LogP contribution in [0.25, 0.3) is 0 Å². The minimum Gasteiger partial charge on any atom is -0.365 e. The number of non-ortho nitro benzene ring substituents is 1. The van der Waals surface area contributed by atoms with Gasteiger partial charge in [-0.15, -0.1) is 0 Å². The monoisotopic (exact) mass is 409 g/mol. The Balaban J connectivity index is 1.89. The van der Waals surface area contributed by atoms with Gasteiger partial charge in [-0.2, -0.15) is 9.83 Å². The van der Waals surface area contributed by atoms with Crippen molar-refractivity contribution in [1.29, 1.82) is 5.26 Å². The fourth-order valence-electron chi connectivity index (χ4n) is 4.37. The lowest BCUT2D eigenvalue weighted by atomic mass is 9.72. The second-order valence-corrected chi connectivity index (χ2v) is 8.28. The van der Waals surface area contributed by atoms with E-state index in [9.17, 15) is 20.5 Å². The molecule has 2 N–H and O–H groups in total.